The fourth-order valence-electron chi connectivity index (χ4n) is 3.11. The molecule has 120 valence electrons. The zero-order valence-corrected chi connectivity index (χ0v) is 12.6. The molecule has 0 bridgehead atoms. The van der Waals surface area contributed by atoms with Crippen molar-refractivity contribution >= 4 is 23.9 Å². The van der Waals surface area contributed by atoms with Gasteiger partial charge in [-0.2, -0.15) is 0 Å². The van der Waals surface area contributed by atoms with Gasteiger partial charge in [0, 0.05) is 24.7 Å². The quantitative estimate of drug-likeness (QED) is 0.826. The van der Waals surface area contributed by atoms with Crippen molar-refractivity contribution in [1.29, 1.82) is 0 Å². The molecule has 2 aliphatic heterocycles. The number of carbonyl (C=O) groups is 3. The summed E-state index contributed by atoms with van der Waals surface area (Å²) >= 11 is 0. The number of fused-ring (bicyclic) bond motifs is 1. The first kappa shape index (κ1) is 15.3. The van der Waals surface area contributed by atoms with E-state index in [0.29, 0.717) is 25.1 Å². The minimum absolute atomic E-state index is 0.0883. The lowest BCUT2D eigenvalue weighted by Crippen LogP contribution is -2.45. The van der Waals surface area contributed by atoms with Crippen molar-refractivity contribution < 1.29 is 19.5 Å². The number of rotatable bonds is 3. The zero-order chi connectivity index (χ0) is 16.4. The molecule has 1 saturated heterocycles. The van der Waals surface area contributed by atoms with E-state index in [1.165, 1.54) is 6.08 Å². The highest BCUT2D eigenvalue weighted by atomic mass is 16.4. The number of benzene rings is 1. The van der Waals surface area contributed by atoms with E-state index in [4.69, 9.17) is 5.11 Å². The molecule has 23 heavy (non-hydrogen) atoms. The molecule has 1 atom stereocenters. The Labute approximate surface area is 133 Å². The summed E-state index contributed by atoms with van der Waals surface area (Å²) in [5, 5.41) is 11.5. The van der Waals surface area contributed by atoms with E-state index in [-0.39, 0.29) is 11.8 Å². The Morgan fingerprint density at radius 1 is 1.30 bits per heavy atom. The number of aliphatic carboxylic acids is 1. The van der Waals surface area contributed by atoms with Crippen LogP contribution in [-0.2, 0) is 16.1 Å². The molecule has 6 nitrogen and oxygen atoms in total. The summed E-state index contributed by atoms with van der Waals surface area (Å²) in [5.41, 5.74) is 2.15. The molecule has 1 fully saturated rings. The minimum Gasteiger partial charge on any atom is -0.478 e. The second-order valence-corrected chi connectivity index (χ2v) is 5.82. The van der Waals surface area contributed by atoms with E-state index in [9.17, 15) is 14.4 Å². The van der Waals surface area contributed by atoms with Gasteiger partial charge in [0.1, 0.15) is 6.04 Å². The molecule has 0 radical (unpaired) electrons. The third kappa shape index (κ3) is 3.11. The van der Waals surface area contributed by atoms with Gasteiger partial charge in [-0.3, -0.25) is 9.59 Å². The second-order valence-electron chi connectivity index (χ2n) is 5.82. The minimum atomic E-state index is -1.02. The topological polar surface area (TPSA) is 86.7 Å². The van der Waals surface area contributed by atoms with Crippen LogP contribution in [0.25, 0.3) is 6.08 Å². The zero-order valence-electron chi connectivity index (χ0n) is 12.6. The fraction of sp³-hybridized carbons (Fsp3) is 0.353. The van der Waals surface area contributed by atoms with Crippen LogP contribution in [0.4, 0.5) is 0 Å². The summed E-state index contributed by atoms with van der Waals surface area (Å²) in [6.45, 7) is 1.05. The van der Waals surface area contributed by atoms with Crippen LogP contribution in [0, 0.1) is 0 Å². The van der Waals surface area contributed by atoms with Crippen LogP contribution >= 0.6 is 0 Å². The molecule has 1 aromatic rings. The number of carboxylic acids is 1. The number of hydrogen-bond acceptors (Lipinski definition) is 3. The van der Waals surface area contributed by atoms with Crippen molar-refractivity contribution in [1.82, 2.24) is 10.2 Å². The lowest BCUT2D eigenvalue weighted by molar-refractivity contribution is -0.131. The smallest absolute Gasteiger partial charge is 0.328 e. The lowest BCUT2D eigenvalue weighted by Gasteiger charge is -2.25. The van der Waals surface area contributed by atoms with Gasteiger partial charge in [0.2, 0.25) is 5.91 Å². The Bertz CT molecular complexity index is 696. The number of nitrogens with zero attached hydrogens (tertiary/aromatic N) is 1. The molecule has 0 aliphatic carbocycles. The molecule has 6 heteroatoms. The third-order valence-electron chi connectivity index (χ3n) is 4.26. The van der Waals surface area contributed by atoms with E-state index in [2.05, 4.69) is 5.32 Å². The fourth-order valence-corrected chi connectivity index (χ4v) is 3.11. The Morgan fingerprint density at radius 2 is 2.13 bits per heavy atom. The highest BCUT2D eigenvalue weighted by Gasteiger charge is 2.36. The van der Waals surface area contributed by atoms with Gasteiger partial charge in [0.25, 0.3) is 5.91 Å². The molecule has 2 heterocycles. The summed E-state index contributed by atoms with van der Waals surface area (Å²) in [7, 11) is 0. The van der Waals surface area contributed by atoms with Crippen molar-refractivity contribution in [3.63, 3.8) is 0 Å². The molecule has 1 aromatic carbocycles. The normalized spacial score (nSPS) is 21.2. The first-order chi connectivity index (χ1) is 11.1. The van der Waals surface area contributed by atoms with E-state index < -0.39 is 12.0 Å². The Hall–Kier alpha value is -2.63. The van der Waals surface area contributed by atoms with Gasteiger partial charge < -0.3 is 15.3 Å². The molecule has 0 aromatic heterocycles. The highest BCUT2D eigenvalue weighted by Crippen LogP contribution is 2.28. The van der Waals surface area contributed by atoms with Crippen LogP contribution in [0.2, 0.25) is 0 Å². The van der Waals surface area contributed by atoms with Crippen molar-refractivity contribution in [3.8, 4) is 0 Å². The second kappa shape index (κ2) is 6.24. The summed E-state index contributed by atoms with van der Waals surface area (Å²) in [6.07, 6.45) is 5.08. The number of amides is 2. The molecular formula is C17H18N2O4. The summed E-state index contributed by atoms with van der Waals surface area (Å²) in [4.78, 5) is 36.9. The molecule has 0 saturated carbocycles. The van der Waals surface area contributed by atoms with Crippen molar-refractivity contribution in [2.24, 2.45) is 0 Å². The Balaban J connectivity index is 1.83. The molecule has 1 unspecified atom stereocenters. The molecule has 2 amide bonds. The maximum atomic E-state index is 12.6. The van der Waals surface area contributed by atoms with Gasteiger partial charge in [0.05, 0.1) is 0 Å². The SMILES string of the molecule is O=C(O)/C=C/c1ccc2c(c1)CN(C1CCCCNC1=O)C2=O. The van der Waals surface area contributed by atoms with E-state index >= 15 is 0 Å². The van der Waals surface area contributed by atoms with E-state index in [1.807, 2.05) is 0 Å². The van der Waals surface area contributed by atoms with Crippen LogP contribution in [0.3, 0.4) is 0 Å². The van der Waals surface area contributed by atoms with Gasteiger partial charge >= 0.3 is 5.97 Å². The summed E-state index contributed by atoms with van der Waals surface area (Å²) in [6, 6.07) is 4.80. The van der Waals surface area contributed by atoms with Gasteiger partial charge in [0.15, 0.2) is 0 Å². The maximum Gasteiger partial charge on any atom is 0.328 e. The van der Waals surface area contributed by atoms with Crippen molar-refractivity contribution in [2.45, 2.75) is 31.8 Å². The van der Waals surface area contributed by atoms with Gasteiger partial charge in [-0.1, -0.05) is 6.07 Å². The van der Waals surface area contributed by atoms with Gasteiger partial charge in [-0.05, 0) is 48.6 Å². The Kier molecular flexibility index (Phi) is 4.14. The Morgan fingerprint density at radius 3 is 2.91 bits per heavy atom. The first-order valence-electron chi connectivity index (χ1n) is 7.69. The molecule has 2 N–H and O–H groups in total. The van der Waals surface area contributed by atoms with E-state index in [1.54, 1.807) is 23.1 Å². The largest absolute Gasteiger partial charge is 0.478 e. The standard InChI is InChI=1S/C17H18N2O4/c20-15(21)7-5-11-4-6-13-12(9-11)10-19(17(13)23)14-3-1-2-8-18-16(14)22/h4-7,9,14H,1-3,8,10H2,(H,18,22)(H,20,21)/b7-5+. The first-order valence-corrected chi connectivity index (χ1v) is 7.69. The lowest BCUT2D eigenvalue weighted by atomic mass is 10.1. The average Bonchev–Trinajstić information content (AvgIpc) is 2.69. The number of carbonyl (C=O) groups excluding carboxylic acids is 2. The van der Waals surface area contributed by atoms with Gasteiger partial charge in [-0.25, -0.2) is 4.79 Å². The van der Waals surface area contributed by atoms with Crippen LogP contribution in [-0.4, -0.2) is 40.4 Å². The molecule has 3 rings (SSSR count). The van der Waals surface area contributed by atoms with Crippen molar-refractivity contribution in [3.05, 3.63) is 41.0 Å². The predicted octanol–water partition coefficient (Wildman–Crippen LogP) is 1.41. The van der Waals surface area contributed by atoms with E-state index in [0.717, 1.165) is 30.0 Å². The third-order valence-corrected chi connectivity index (χ3v) is 4.26. The maximum absolute atomic E-state index is 12.6. The monoisotopic (exact) mass is 314 g/mol. The van der Waals surface area contributed by atoms with Gasteiger partial charge in [-0.15, -0.1) is 0 Å². The summed E-state index contributed by atoms with van der Waals surface area (Å²) in [5.74, 6) is -1.23. The van der Waals surface area contributed by atoms with Crippen LogP contribution in [0.1, 0.15) is 40.7 Å². The highest BCUT2D eigenvalue weighted by molar-refractivity contribution is 6.01. The van der Waals surface area contributed by atoms with Crippen LogP contribution < -0.4 is 5.32 Å². The van der Waals surface area contributed by atoms with Crippen molar-refractivity contribution in [2.75, 3.05) is 6.54 Å². The predicted molar refractivity (Wildman–Crippen MR) is 83.6 cm³/mol. The number of hydrogen-bond donors (Lipinski definition) is 2. The number of nitrogens with one attached hydrogen (secondary N) is 1. The van der Waals surface area contributed by atoms with Crippen LogP contribution in [0.15, 0.2) is 24.3 Å². The summed E-state index contributed by atoms with van der Waals surface area (Å²) < 4.78 is 0. The average molecular weight is 314 g/mol. The molecule has 2 aliphatic rings. The van der Waals surface area contributed by atoms with Crippen LogP contribution in [0.5, 0.6) is 0 Å². The molecule has 0 spiro atoms. The number of carboxylic acid groups (broad SMARTS) is 1. The molecular weight excluding hydrogens is 296 g/mol.